The van der Waals surface area contributed by atoms with Crippen LogP contribution in [-0.4, -0.2) is 65.9 Å². The van der Waals surface area contributed by atoms with Crippen LogP contribution in [0.4, 0.5) is 0 Å². The topological polar surface area (TPSA) is 104 Å². The van der Waals surface area contributed by atoms with Gasteiger partial charge in [-0.25, -0.2) is 4.79 Å². The van der Waals surface area contributed by atoms with Crippen LogP contribution in [0.25, 0.3) is 0 Å². The minimum Gasteiger partial charge on any atom is -0.467 e. The summed E-state index contributed by atoms with van der Waals surface area (Å²) in [5.74, 6) is -1.82. The molecular weight excluding hydrogens is 344 g/mol. The van der Waals surface area contributed by atoms with Crippen LogP contribution in [0.1, 0.15) is 19.4 Å². The number of methoxy groups -OCH3 is 1. The first kappa shape index (κ1) is 19.2. The van der Waals surface area contributed by atoms with Crippen molar-refractivity contribution in [1.82, 2.24) is 0 Å². The van der Waals surface area contributed by atoms with Gasteiger partial charge in [-0.1, -0.05) is 30.3 Å². The van der Waals surface area contributed by atoms with Crippen LogP contribution in [-0.2, 0) is 35.1 Å². The van der Waals surface area contributed by atoms with E-state index in [2.05, 4.69) is 4.74 Å². The number of benzene rings is 1. The predicted molar refractivity (Wildman–Crippen MR) is 87.7 cm³/mol. The lowest BCUT2D eigenvalue weighted by molar-refractivity contribution is -0.237. The van der Waals surface area contributed by atoms with Crippen LogP contribution in [0.15, 0.2) is 30.3 Å². The van der Waals surface area contributed by atoms with Crippen molar-refractivity contribution in [3.05, 3.63) is 35.9 Å². The highest BCUT2D eigenvalue weighted by Crippen LogP contribution is 2.40. The van der Waals surface area contributed by atoms with Crippen LogP contribution in [0.3, 0.4) is 0 Å². The molecule has 0 bridgehead atoms. The molecule has 2 aliphatic rings. The zero-order valence-corrected chi connectivity index (χ0v) is 14.9. The second kappa shape index (κ2) is 7.59. The molecule has 2 N–H and O–H groups in total. The van der Waals surface area contributed by atoms with E-state index in [0.717, 1.165) is 12.7 Å². The lowest BCUT2D eigenvalue weighted by Crippen LogP contribution is -2.49. The second-order valence-electron chi connectivity index (χ2n) is 6.79. The van der Waals surface area contributed by atoms with Crippen molar-refractivity contribution in [2.45, 2.75) is 63.1 Å². The summed E-state index contributed by atoms with van der Waals surface area (Å²) in [5.41, 5.74) is 0.927. The number of carbonyl (C=O) groups excluding carboxylic acids is 1. The van der Waals surface area contributed by atoms with Crippen LogP contribution < -0.4 is 0 Å². The Morgan fingerprint density at radius 2 is 1.92 bits per heavy atom. The van der Waals surface area contributed by atoms with Crippen molar-refractivity contribution >= 4 is 5.97 Å². The van der Waals surface area contributed by atoms with Gasteiger partial charge in [0.05, 0.1) is 13.7 Å². The Morgan fingerprint density at radius 3 is 2.58 bits per heavy atom. The number of rotatable bonds is 6. The molecule has 3 rings (SSSR count). The third kappa shape index (κ3) is 3.90. The fourth-order valence-corrected chi connectivity index (χ4v) is 3.18. The van der Waals surface area contributed by atoms with Gasteiger partial charge >= 0.3 is 5.97 Å². The van der Waals surface area contributed by atoms with Crippen LogP contribution >= 0.6 is 0 Å². The van der Waals surface area contributed by atoms with Gasteiger partial charge in [0, 0.05) is 0 Å². The molecule has 6 atom stereocenters. The normalized spacial score (nSPS) is 32.0. The fraction of sp³-hybridized carbons (Fsp3) is 0.611. The standard InChI is InChI=1S/C18H24O8/c1-18(2)25-15-14(23-9-10-7-5-4-6-8-10)13(24-17(15)26-18)11(19)12(20)16(21)22-3/h4-8,11-15,17,19-20H,9H2,1-3H3/t11-,12+,13+,14-,15+,17+/m0/s1. The molecule has 0 radical (unpaired) electrons. The predicted octanol–water partition coefficient (Wildman–Crippen LogP) is 0.343. The molecule has 8 heteroatoms. The summed E-state index contributed by atoms with van der Waals surface area (Å²) in [6.45, 7) is 3.74. The van der Waals surface area contributed by atoms with Gasteiger partial charge in [0.15, 0.2) is 18.2 Å². The summed E-state index contributed by atoms with van der Waals surface area (Å²) in [5, 5.41) is 20.4. The number of esters is 1. The van der Waals surface area contributed by atoms with Gasteiger partial charge in [-0.2, -0.15) is 0 Å². The van der Waals surface area contributed by atoms with Gasteiger partial charge in [0.1, 0.15) is 24.4 Å². The number of hydrogen-bond acceptors (Lipinski definition) is 8. The zero-order chi connectivity index (χ0) is 18.9. The molecule has 8 nitrogen and oxygen atoms in total. The third-order valence-electron chi connectivity index (χ3n) is 4.42. The van der Waals surface area contributed by atoms with E-state index < -0.39 is 48.6 Å². The third-order valence-corrected chi connectivity index (χ3v) is 4.42. The molecular formula is C18H24O8. The monoisotopic (exact) mass is 368 g/mol. The molecule has 0 spiro atoms. The summed E-state index contributed by atoms with van der Waals surface area (Å²) in [6.07, 6.45) is -6.44. The molecule has 0 aromatic heterocycles. The number of hydrogen-bond donors (Lipinski definition) is 2. The van der Waals surface area contributed by atoms with E-state index in [4.69, 9.17) is 18.9 Å². The maximum Gasteiger partial charge on any atom is 0.337 e. The highest BCUT2D eigenvalue weighted by Gasteiger charge is 2.58. The fourth-order valence-electron chi connectivity index (χ4n) is 3.18. The van der Waals surface area contributed by atoms with E-state index in [1.165, 1.54) is 0 Å². The molecule has 2 fully saturated rings. The maximum absolute atomic E-state index is 11.6. The molecule has 0 aliphatic carbocycles. The van der Waals surface area contributed by atoms with E-state index >= 15 is 0 Å². The van der Waals surface area contributed by atoms with E-state index in [-0.39, 0.29) is 6.61 Å². The summed E-state index contributed by atoms with van der Waals surface area (Å²) in [4.78, 5) is 11.6. The molecule has 1 aromatic carbocycles. The van der Waals surface area contributed by atoms with Gasteiger partial charge in [0.25, 0.3) is 0 Å². The van der Waals surface area contributed by atoms with Crippen molar-refractivity contribution in [2.75, 3.05) is 7.11 Å². The van der Waals surface area contributed by atoms with Gasteiger partial charge in [-0.3, -0.25) is 0 Å². The highest BCUT2D eigenvalue weighted by atomic mass is 16.8. The first-order valence-electron chi connectivity index (χ1n) is 8.43. The minimum absolute atomic E-state index is 0.249. The Hall–Kier alpha value is -1.55. The van der Waals surface area contributed by atoms with Crippen LogP contribution in [0.2, 0.25) is 0 Å². The molecule has 2 heterocycles. The quantitative estimate of drug-likeness (QED) is 0.693. The van der Waals surface area contributed by atoms with Crippen molar-refractivity contribution < 1.29 is 38.7 Å². The van der Waals surface area contributed by atoms with Gasteiger partial charge in [-0.05, 0) is 19.4 Å². The Morgan fingerprint density at radius 1 is 1.23 bits per heavy atom. The van der Waals surface area contributed by atoms with Crippen LogP contribution in [0, 0.1) is 0 Å². The Balaban J connectivity index is 1.75. The van der Waals surface area contributed by atoms with Crippen molar-refractivity contribution in [3.63, 3.8) is 0 Å². The molecule has 0 unspecified atom stereocenters. The average molecular weight is 368 g/mol. The van der Waals surface area contributed by atoms with Crippen molar-refractivity contribution in [1.29, 1.82) is 0 Å². The van der Waals surface area contributed by atoms with Gasteiger partial charge in [-0.15, -0.1) is 0 Å². The van der Waals surface area contributed by atoms with E-state index in [1.807, 2.05) is 30.3 Å². The Labute approximate surface area is 151 Å². The lowest BCUT2D eigenvalue weighted by Gasteiger charge is -2.29. The molecule has 2 aliphatic heterocycles. The maximum atomic E-state index is 11.6. The Bertz CT molecular complexity index is 619. The largest absolute Gasteiger partial charge is 0.467 e. The number of aliphatic hydroxyl groups is 2. The highest BCUT2D eigenvalue weighted by molar-refractivity contribution is 5.75. The van der Waals surface area contributed by atoms with E-state index in [9.17, 15) is 15.0 Å². The minimum atomic E-state index is -1.76. The molecule has 0 amide bonds. The summed E-state index contributed by atoms with van der Waals surface area (Å²) >= 11 is 0. The smallest absolute Gasteiger partial charge is 0.337 e. The Kier molecular flexibility index (Phi) is 5.61. The van der Waals surface area contributed by atoms with E-state index in [1.54, 1.807) is 13.8 Å². The summed E-state index contributed by atoms with van der Waals surface area (Å²) in [7, 11) is 1.13. The number of aliphatic hydroxyl groups excluding tert-OH is 2. The first-order chi connectivity index (χ1) is 12.3. The molecule has 144 valence electrons. The van der Waals surface area contributed by atoms with Crippen LogP contribution in [0.5, 0.6) is 0 Å². The SMILES string of the molecule is COC(=O)[C@H](O)[C@H](O)[C@H]1O[C@@H]2OC(C)(C)O[C@@H]2[C@H]1OCc1ccccc1. The molecule has 0 saturated carbocycles. The summed E-state index contributed by atoms with van der Waals surface area (Å²) < 4.78 is 27.6. The van der Waals surface area contributed by atoms with Gasteiger partial charge in [0.2, 0.25) is 0 Å². The lowest BCUT2D eigenvalue weighted by atomic mass is 10.0. The van der Waals surface area contributed by atoms with E-state index in [0.29, 0.717) is 0 Å². The van der Waals surface area contributed by atoms with Crippen molar-refractivity contribution in [2.24, 2.45) is 0 Å². The zero-order valence-electron chi connectivity index (χ0n) is 14.9. The molecule has 1 aromatic rings. The molecule has 2 saturated heterocycles. The first-order valence-corrected chi connectivity index (χ1v) is 8.43. The summed E-state index contributed by atoms with van der Waals surface area (Å²) in [6, 6.07) is 9.47. The second-order valence-corrected chi connectivity index (χ2v) is 6.79. The van der Waals surface area contributed by atoms with Gasteiger partial charge < -0.3 is 33.9 Å². The average Bonchev–Trinajstić information content (AvgIpc) is 3.10. The number of ether oxygens (including phenoxy) is 5. The molecule has 26 heavy (non-hydrogen) atoms. The number of fused-ring (bicyclic) bond motifs is 1. The number of carbonyl (C=O) groups is 1. The van der Waals surface area contributed by atoms with Crippen molar-refractivity contribution in [3.8, 4) is 0 Å².